The fourth-order valence-corrected chi connectivity index (χ4v) is 3.81. The van der Waals surface area contributed by atoms with Gasteiger partial charge >= 0.3 is 0 Å². The molecule has 0 saturated carbocycles. The van der Waals surface area contributed by atoms with Crippen molar-refractivity contribution in [2.75, 3.05) is 0 Å². The van der Waals surface area contributed by atoms with Crippen molar-refractivity contribution in [1.29, 1.82) is 0 Å². The zero-order valence-corrected chi connectivity index (χ0v) is 12.5. The standard InChI is InChI=1S/C19H16NP/c1-4-10-17(11-5-1)16-20-21(18-12-6-2-7-13-18)19-14-8-3-9-15-19/h1-16H. The van der Waals surface area contributed by atoms with Gasteiger partial charge in [-0.15, -0.1) is 0 Å². The highest BCUT2D eigenvalue weighted by Gasteiger charge is 2.11. The molecular formula is C19H16NP. The van der Waals surface area contributed by atoms with E-state index in [2.05, 4.69) is 60.7 Å². The minimum absolute atomic E-state index is 0.705. The second kappa shape index (κ2) is 6.97. The molecule has 0 saturated heterocycles. The second-order valence-electron chi connectivity index (χ2n) is 4.64. The monoisotopic (exact) mass is 289 g/mol. The highest BCUT2D eigenvalue weighted by Crippen LogP contribution is 2.34. The molecule has 0 heterocycles. The molecule has 102 valence electrons. The Morgan fingerprint density at radius 2 is 1.00 bits per heavy atom. The molecule has 3 aromatic rings. The van der Waals surface area contributed by atoms with E-state index >= 15 is 0 Å². The van der Waals surface area contributed by atoms with E-state index in [1.807, 2.05) is 36.5 Å². The Kier molecular flexibility index (Phi) is 4.55. The molecule has 0 N–H and O–H groups in total. The van der Waals surface area contributed by atoms with Gasteiger partial charge in [-0.3, -0.25) is 4.76 Å². The van der Waals surface area contributed by atoms with Gasteiger partial charge in [-0.05, 0) is 5.56 Å². The van der Waals surface area contributed by atoms with Gasteiger partial charge in [-0.2, -0.15) is 0 Å². The smallest absolute Gasteiger partial charge is 0.0780 e. The molecular weight excluding hydrogens is 273 g/mol. The van der Waals surface area contributed by atoms with Crippen molar-refractivity contribution in [2.24, 2.45) is 4.76 Å². The van der Waals surface area contributed by atoms with Gasteiger partial charge in [0.05, 0.1) is 8.07 Å². The van der Waals surface area contributed by atoms with E-state index < -0.39 is 8.07 Å². The highest BCUT2D eigenvalue weighted by molar-refractivity contribution is 7.71. The number of rotatable bonds is 4. The van der Waals surface area contributed by atoms with Gasteiger partial charge in [0.15, 0.2) is 0 Å². The first kappa shape index (κ1) is 13.7. The lowest BCUT2D eigenvalue weighted by atomic mass is 10.2. The van der Waals surface area contributed by atoms with Gasteiger partial charge in [0.2, 0.25) is 0 Å². The second-order valence-corrected chi connectivity index (χ2v) is 6.53. The average Bonchev–Trinajstić information content (AvgIpc) is 2.58. The number of benzene rings is 3. The summed E-state index contributed by atoms with van der Waals surface area (Å²) in [6.45, 7) is 0. The zero-order valence-electron chi connectivity index (χ0n) is 11.6. The molecule has 0 aliphatic carbocycles. The SMILES string of the molecule is C(=NP(c1ccccc1)c1ccccc1)c1ccccc1. The Labute approximate surface area is 126 Å². The predicted octanol–water partition coefficient (Wildman–Crippen LogP) is 4.15. The molecule has 2 heteroatoms. The van der Waals surface area contributed by atoms with Crippen LogP contribution in [0.5, 0.6) is 0 Å². The van der Waals surface area contributed by atoms with E-state index in [1.165, 1.54) is 10.6 Å². The number of nitrogens with zero attached hydrogens (tertiary/aromatic N) is 1. The van der Waals surface area contributed by atoms with Crippen molar-refractivity contribution in [3.05, 3.63) is 96.6 Å². The van der Waals surface area contributed by atoms with Crippen molar-refractivity contribution < 1.29 is 0 Å². The molecule has 0 radical (unpaired) electrons. The molecule has 0 aromatic heterocycles. The molecule has 0 atom stereocenters. The van der Waals surface area contributed by atoms with Crippen LogP contribution in [-0.4, -0.2) is 6.21 Å². The minimum Gasteiger partial charge on any atom is -0.259 e. The van der Waals surface area contributed by atoms with Crippen molar-refractivity contribution >= 4 is 24.9 Å². The molecule has 3 aromatic carbocycles. The van der Waals surface area contributed by atoms with Crippen LogP contribution in [-0.2, 0) is 0 Å². The van der Waals surface area contributed by atoms with Crippen LogP contribution in [0.3, 0.4) is 0 Å². The van der Waals surface area contributed by atoms with Crippen molar-refractivity contribution in [3.63, 3.8) is 0 Å². The molecule has 0 aliphatic rings. The summed E-state index contributed by atoms with van der Waals surface area (Å²) in [6, 6.07) is 31.3. The number of hydrogen-bond acceptors (Lipinski definition) is 1. The minimum atomic E-state index is -0.705. The van der Waals surface area contributed by atoms with Crippen molar-refractivity contribution in [2.45, 2.75) is 0 Å². The molecule has 3 rings (SSSR count). The lowest BCUT2D eigenvalue weighted by Crippen LogP contribution is -2.09. The summed E-state index contributed by atoms with van der Waals surface area (Å²) in [5.74, 6) is 0. The molecule has 0 aliphatic heterocycles. The normalized spacial score (nSPS) is 11.1. The van der Waals surface area contributed by atoms with Crippen LogP contribution in [0.1, 0.15) is 5.56 Å². The summed E-state index contributed by atoms with van der Waals surface area (Å²) >= 11 is 0. The maximum atomic E-state index is 4.87. The topological polar surface area (TPSA) is 12.4 Å². The Morgan fingerprint density at radius 1 is 0.571 bits per heavy atom. The highest BCUT2D eigenvalue weighted by atomic mass is 31.1. The van der Waals surface area contributed by atoms with Crippen LogP contribution in [0.4, 0.5) is 0 Å². The van der Waals surface area contributed by atoms with E-state index in [9.17, 15) is 0 Å². The third kappa shape index (κ3) is 3.65. The molecule has 0 amide bonds. The number of hydrogen-bond donors (Lipinski definition) is 0. The Bertz CT molecular complexity index is 654. The first-order chi connectivity index (χ1) is 10.4. The summed E-state index contributed by atoms with van der Waals surface area (Å²) in [4.78, 5) is 0. The van der Waals surface area contributed by atoms with Gasteiger partial charge in [-0.25, -0.2) is 0 Å². The van der Waals surface area contributed by atoms with Gasteiger partial charge in [0.25, 0.3) is 0 Å². The van der Waals surface area contributed by atoms with E-state index in [4.69, 9.17) is 4.76 Å². The van der Waals surface area contributed by atoms with E-state index in [1.54, 1.807) is 0 Å². The molecule has 21 heavy (non-hydrogen) atoms. The summed E-state index contributed by atoms with van der Waals surface area (Å²) in [7, 11) is -0.705. The third-order valence-corrected chi connectivity index (χ3v) is 5.04. The van der Waals surface area contributed by atoms with Crippen molar-refractivity contribution in [3.8, 4) is 0 Å². The third-order valence-electron chi connectivity index (χ3n) is 3.12. The van der Waals surface area contributed by atoms with E-state index in [0.717, 1.165) is 5.56 Å². The lowest BCUT2D eigenvalue weighted by Gasteiger charge is -2.13. The van der Waals surface area contributed by atoms with Crippen LogP contribution in [0.15, 0.2) is 95.8 Å². The Balaban J connectivity index is 1.96. The molecule has 0 bridgehead atoms. The maximum Gasteiger partial charge on any atom is 0.0780 e. The summed E-state index contributed by atoms with van der Waals surface area (Å²) < 4.78 is 4.87. The zero-order chi connectivity index (χ0) is 14.3. The van der Waals surface area contributed by atoms with Crippen LogP contribution < -0.4 is 10.6 Å². The van der Waals surface area contributed by atoms with Gasteiger partial charge in [0, 0.05) is 16.8 Å². The Morgan fingerprint density at radius 3 is 1.48 bits per heavy atom. The molecule has 0 fully saturated rings. The van der Waals surface area contributed by atoms with Crippen LogP contribution in [0.25, 0.3) is 0 Å². The van der Waals surface area contributed by atoms with E-state index in [0.29, 0.717) is 0 Å². The van der Waals surface area contributed by atoms with Crippen molar-refractivity contribution in [1.82, 2.24) is 0 Å². The molecule has 0 unspecified atom stereocenters. The fraction of sp³-hybridized carbons (Fsp3) is 0. The van der Waals surface area contributed by atoms with Gasteiger partial charge < -0.3 is 0 Å². The van der Waals surface area contributed by atoms with Crippen LogP contribution in [0, 0.1) is 0 Å². The lowest BCUT2D eigenvalue weighted by molar-refractivity contribution is 1.66. The predicted molar refractivity (Wildman–Crippen MR) is 93.1 cm³/mol. The largest absolute Gasteiger partial charge is 0.259 e. The first-order valence-electron chi connectivity index (χ1n) is 6.93. The first-order valence-corrected chi connectivity index (χ1v) is 8.22. The van der Waals surface area contributed by atoms with Gasteiger partial charge in [-0.1, -0.05) is 91.0 Å². The quantitative estimate of drug-likeness (QED) is 0.505. The fourth-order valence-electron chi connectivity index (χ4n) is 2.08. The molecule has 0 spiro atoms. The van der Waals surface area contributed by atoms with Crippen LogP contribution >= 0.6 is 8.07 Å². The summed E-state index contributed by atoms with van der Waals surface area (Å²) in [5.41, 5.74) is 1.14. The summed E-state index contributed by atoms with van der Waals surface area (Å²) in [5, 5.41) is 2.54. The summed E-state index contributed by atoms with van der Waals surface area (Å²) in [6.07, 6.45) is 1.98. The molecule has 1 nitrogen and oxygen atoms in total. The Hall–Kier alpha value is -2.24. The van der Waals surface area contributed by atoms with Crippen LogP contribution in [0.2, 0.25) is 0 Å². The maximum absolute atomic E-state index is 4.87. The van der Waals surface area contributed by atoms with Gasteiger partial charge in [0.1, 0.15) is 0 Å². The van der Waals surface area contributed by atoms with E-state index in [-0.39, 0.29) is 0 Å². The average molecular weight is 289 g/mol.